The Bertz CT molecular complexity index is 172. The van der Waals surface area contributed by atoms with Crippen LogP contribution in [0.3, 0.4) is 0 Å². The fourth-order valence-electron chi connectivity index (χ4n) is 2.76. The van der Waals surface area contributed by atoms with E-state index in [4.69, 9.17) is 5.73 Å². The number of piperidine rings is 1. The highest BCUT2D eigenvalue weighted by Crippen LogP contribution is 2.23. The molecule has 1 atom stereocenters. The number of rotatable bonds is 6. The van der Waals surface area contributed by atoms with Crippen LogP contribution in [-0.2, 0) is 0 Å². The summed E-state index contributed by atoms with van der Waals surface area (Å²) < 4.78 is 0. The molecule has 2 nitrogen and oxygen atoms in total. The lowest BCUT2D eigenvalue weighted by Gasteiger charge is -2.35. The molecule has 1 aliphatic rings. The maximum absolute atomic E-state index is 5.84. The van der Waals surface area contributed by atoms with Gasteiger partial charge in [0.25, 0.3) is 0 Å². The van der Waals surface area contributed by atoms with Crippen molar-refractivity contribution < 1.29 is 0 Å². The van der Waals surface area contributed by atoms with Crippen molar-refractivity contribution in [2.75, 3.05) is 26.2 Å². The van der Waals surface area contributed by atoms with E-state index >= 15 is 0 Å². The largest absolute Gasteiger partial charge is 0.330 e. The zero-order chi connectivity index (χ0) is 12.0. The van der Waals surface area contributed by atoms with Crippen molar-refractivity contribution in [3.05, 3.63) is 0 Å². The number of nitrogens with zero attached hydrogens (tertiary/aromatic N) is 1. The summed E-state index contributed by atoms with van der Waals surface area (Å²) in [5.74, 6) is 2.40. The van der Waals surface area contributed by atoms with Crippen LogP contribution >= 0.6 is 0 Å². The molecule has 1 heterocycles. The second-order valence-corrected chi connectivity index (χ2v) is 5.77. The molecule has 0 aromatic rings. The Balaban J connectivity index is 2.25. The first-order valence-corrected chi connectivity index (χ1v) is 7.09. The SMILES string of the molecule is CCCC1CCN(CC(CN)C(C)C)CC1. The van der Waals surface area contributed by atoms with E-state index in [9.17, 15) is 0 Å². The molecular weight excluding hydrogens is 196 g/mol. The molecule has 1 unspecified atom stereocenters. The first kappa shape index (κ1) is 14.0. The van der Waals surface area contributed by atoms with Gasteiger partial charge in [0.05, 0.1) is 0 Å². The van der Waals surface area contributed by atoms with Gasteiger partial charge < -0.3 is 10.6 Å². The predicted octanol–water partition coefficient (Wildman–Crippen LogP) is 2.73. The fourth-order valence-corrected chi connectivity index (χ4v) is 2.76. The molecule has 0 aromatic carbocycles. The maximum Gasteiger partial charge on any atom is 0.00242 e. The Hall–Kier alpha value is -0.0800. The third-order valence-electron chi connectivity index (χ3n) is 4.14. The van der Waals surface area contributed by atoms with E-state index in [2.05, 4.69) is 25.7 Å². The molecule has 0 bridgehead atoms. The van der Waals surface area contributed by atoms with Gasteiger partial charge in [-0.1, -0.05) is 33.6 Å². The molecule has 96 valence electrons. The van der Waals surface area contributed by atoms with Crippen LogP contribution in [-0.4, -0.2) is 31.1 Å². The summed E-state index contributed by atoms with van der Waals surface area (Å²) in [5.41, 5.74) is 5.84. The van der Waals surface area contributed by atoms with Crippen molar-refractivity contribution in [3.8, 4) is 0 Å². The van der Waals surface area contributed by atoms with Crippen LogP contribution in [0.5, 0.6) is 0 Å². The highest BCUT2D eigenvalue weighted by atomic mass is 15.1. The standard InChI is InChI=1S/C14H30N2/c1-4-5-13-6-8-16(9-7-13)11-14(10-15)12(2)3/h12-14H,4-11,15H2,1-3H3. The molecule has 0 radical (unpaired) electrons. The van der Waals surface area contributed by atoms with Gasteiger partial charge in [0.15, 0.2) is 0 Å². The van der Waals surface area contributed by atoms with E-state index in [1.807, 2.05) is 0 Å². The lowest BCUT2D eigenvalue weighted by Crippen LogP contribution is -2.40. The molecule has 1 fully saturated rings. The average Bonchev–Trinajstić information content (AvgIpc) is 2.28. The third kappa shape index (κ3) is 4.42. The van der Waals surface area contributed by atoms with Crippen LogP contribution in [0.1, 0.15) is 46.5 Å². The molecule has 1 rings (SSSR count). The van der Waals surface area contributed by atoms with Crippen molar-refractivity contribution in [2.24, 2.45) is 23.5 Å². The zero-order valence-corrected chi connectivity index (χ0v) is 11.4. The smallest absolute Gasteiger partial charge is 0.00242 e. The topological polar surface area (TPSA) is 29.3 Å². The van der Waals surface area contributed by atoms with E-state index < -0.39 is 0 Å². The second kappa shape index (κ2) is 7.29. The molecule has 1 saturated heterocycles. The summed E-state index contributed by atoms with van der Waals surface area (Å²) in [6, 6.07) is 0. The monoisotopic (exact) mass is 226 g/mol. The first-order chi connectivity index (χ1) is 7.67. The van der Waals surface area contributed by atoms with Crippen LogP contribution in [0.15, 0.2) is 0 Å². The van der Waals surface area contributed by atoms with Crippen molar-refractivity contribution in [2.45, 2.75) is 46.5 Å². The number of nitrogens with two attached hydrogens (primary N) is 1. The highest BCUT2D eigenvalue weighted by Gasteiger charge is 2.21. The number of hydrogen-bond donors (Lipinski definition) is 1. The van der Waals surface area contributed by atoms with Gasteiger partial charge in [-0.25, -0.2) is 0 Å². The zero-order valence-electron chi connectivity index (χ0n) is 11.4. The first-order valence-electron chi connectivity index (χ1n) is 7.09. The third-order valence-corrected chi connectivity index (χ3v) is 4.14. The van der Waals surface area contributed by atoms with Gasteiger partial charge in [-0.2, -0.15) is 0 Å². The van der Waals surface area contributed by atoms with E-state index in [-0.39, 0.29) is 0 Å². The summed E-state index contributed by atoms with van der Waals surface area (Å²) in [6.07, 6.45) is 5.59. The normalized spacial score (nSPS) is 21.6. The van der Waals surface area contributed by atoms with Gasteiger partial charge in [-0.15, -0.1) is 0 Å². The summed E-state index contributed by atoms with van der Waals surface area (Å²) in [5, 5.41) is 0. The molecule has 16 heavy (non-hydrogen) atoms. The van der Waals surface area contributed by atoms with Crippen LogP contribution in [0, 0.1) is 17.8 Å². The van der Waals surface area contributed by atoms with Gasteiger partial charge in [0, 0.05) is 6.54 Å². The van der Waals surface area contributed by atoms with Crippen molar-refractivity contribution in [3.63, 3.8) is 0 Å². The average molecular weight is 226 g/mol. The van der Waals surface area contributed by atoms with Crippen molar-refractivity contribution in [1.82, 2.24) is 4.90 Å². The minimum atomic E-state index is 0.683. The van der Waals surface area contributed by atoms with Gasteiger partial charge in [0.1, 0.15) is 0 Å². The van der Waals surface area contributed by atoms with E-state index in [1.54, 1.807) is 0 Å². The molecule has 0 saturated carbocycles. The van der Waals surface area contributed by atoms with Crippen LogP contribution in [0.2, 0.25) is 0 Å². The van der Waals surface area contributed by atoms with E-state index in [0.29, 0.717) is 5.92 Å². The summed E-state index contributed by atoms with van der Waals surface area (Å²) in [7, 11) is 0. The maximum atomic E-state index is 5.84. The molecule has 0 amide bonds. The minimum absolute atomic E-state index is 0.683. The van der Waals surface area contributed by atoms with Crippen LogP contribution in [0.4, 0.5) is 0 Å². The Labute approximate surface area is 102 Å². The summed E-state index contributed by atoms with van der Waals surface area (Å²) >= 11 is 0. The lowest BCUT2D eigenvalue weighted by molar-refractivity contribution is 0.143. The van der Waals surface area contributed by atoms with Gasteiger partial charge in [-0.05, 0) is 50.2 Å². The van der Waals surface area contributed by atoms with E-state index in [0.717, 1.165) is 18.4 Å². The number of hydrogen-bond acceptors (Lipinski definition) is 2. The summed E-state index contributed by atoms with van der Waals surface area (Å²) in [4.78, 5) is 2.63. The Morgan fingerprint density at radius 3 is 2.31 bits per heavy atom. The number of likely N-dealkylation sites (tertiary alicyclic amines) is 1. The van der Waals surface area contributed by atoms with Gasteiger partial charge in [0.2, 0.25) is 0 Å². The summed E-state index contributed by atoms with van der Waals surface area (Å²) in [6.45, 7) is 11.5. The molecule has 2 N–H and O–H groups in total. The quantitative estimate of drug-likeness (QED) is 0.754. The van der Waals surface area contributed by atoms with Crippen molar-refractivity contribution in [1.29, 1.82) is 0 Å². The molecule has 0 aliphatic carbocycles. The Morgan fingerprint density at radius 2 is 1.88 bits per heavy atom. The molecule has 0 spiro atoms. The van der Waals surface area contributed by atoms with Crippen LogP contribution < -0.4 is 5.73 Å². The molecular formula is C14H30N2. The molecule has 1 aliphatic heterocycles. The van der Waals surface area contributed by atoms with Crippen molar-refractivity contribution >= 4 is 0 Å². The van der Waals surface area contributed by atoms with Gasteiger partial charge in [-0.3, -0.25) is 0 Å². The fraction of sp³-hybridized carbons (Fsp3) is 1.00. The highest BCUT2D eigenvalue weighted by molar-refractivity contribution is 4.76. The Morgan fingerprint density at radius 1 is 1.25 bits per heavy atom. The van der Waals surface area contributed by atoms with Crippen LogP contribution in [0.25, 0.3) is 0 Å². The lowest BCUT2D eigenvalue weighted by atomic mass is 9.90. The molecule has 2 heteroatoms. The second-order valence-electron chi connectivity index (χ2n) is 5.77. The van der Waals surface area contributed by atoms with Gasteiger partial charge >= 0.3 is 0 Å². The minimum Gasteiger partial charge on any atom is -0.330 e. The molecule has 0 aromatic heterocycles. The van der Waals surface area contributed by atoms with E-state index in [1.165, 1.54) is 45.3 Å². The predicted molar refractivity (Wildman–Crippen MR) is 71.5 cm³/mol. The Kier molecular flexibility index (Phi) is 6.37.